The fourth-order valence-electron chi connectivity index (χ4n) is 3.78. The van der Waals surface area contributed by atoms with Crippen LogP contribution in [0.15, 0.2) is 88.9 Å². The first-order valence-corrected chi connectivity index (χ1v) is 11.5. The minimum Gasteiger partial charge on any atom is -0.507 e. The molecule has 1 heterocycles. The number of ketones is 1. The van der Waals surface area contributed by atoms with Gasteiger partial charge in [0.15, 0.2) is 0 Å². The lowest BCUT2D eigenvalue weighted by atomic mass is 9.95. The molecule has 33 heavy (non-hydrogen) atoms. The molecule has 5 nitrogen and oxygen atoms in total. The third-order valence-corrected chi connectivity index (χ3v) is 5.90. The summed E-state index contributed by atoms with van der Waals surface area (Å²) in [6.07, 6.45) is 0. The molecule has 168 valence electrons. The van der Waals surface area contributed by atoms with Crippen LogP contribution >= 0.6 is 15.9 Å². The first-order valence-electron chi connectivity index (χ1n) is 10.7. The monoisotopic (exact) mass is 505 g/mol. The number of amides is 1. The highest BCUT2D eigenvalue weighted by Gasteiger charge is 2.46. The van der Waals surface area contributed by atoms with Crippen molar-refractivity contribution >= 4 is 39.1 Å². The van der Waals surface area contributed by atoms with Crippen LogP contribution in [-0.2, 0) is 9.59 Å². The number of hydrogen-bond acceptors (Lipinski definition) is 4. The van der Waals surface area contributed by atoms with Gasteiger partial charge in [0.25, 0.3) is 11.7 Å². The zero-order valence-corrected chi connectivity index (χ0v) is 20.0. The highest BCUT2D eigenvalue weighted by Crippen LogP contribution is 2.42. The average Bonchev–Trinajstić information content (AvgIpc) is 3.09. The minimum absolute atomic E-state index is 0.0574. The Morgan fingerprint density at radius 1 is 0.970 bits per heavy atom. The first-order chi connectivity index (χ1) is 15.9. The Morgan fingerprint density at radius 3 is 2.21 bits per heavy atom. The topological polar surface area (TPSA) is 66.8 Å². The highest BCUT2D eigenvalue weighted by atomic mass is 79.9. The number of Topliss-reactive ketones (excluding diaryl/α,β-unsaturated/α-hetero) is 1. The Morgan fingerprint density at radius 2 is 1.61 bits per heavy atom. The summed E-state index contributed by atoms with van der Waals surface area (Å²) in [7, 11) is 0. The molecule has 1 saturated heterocycles. The van der Waals surface area contributed by atoms with Crippen molar-refractivity contribution in [3.8, 4) is 5.75 Å². The Hall–Kier alpha value is -3.38. The van der Waals surface area contributed by atoms with Crippen LogP contribution in [0.1, 0.15) is 31.0 Å². The molecule has 3 aromatic rings. The summed E-state index contributed by atoms with van der Waals surface area (Å²) < 4.78 is 6.59. The number of halogens is 1. The van der Waals surface area contributed by atoms with E-state index in [-0.39, 0.29) is 11.3 Å². The van der Waals surface area contributed by atoms with Crippen LogP contribution in [-0.4, -0.2) is 23.4 Å². The van der Waals surface area contributed by atoms with Gasteiger partial charge in [-0.2, -0.15) is 0 Å². The van der Waals surface area contributed by atoms with Gasteiger partial charge in [0, 0.05) is 15.7 Å². The van der Waals surface area contributed by atoms with Crippen molar-refractivity contribution in [3.05, 3.63) is 100 Å². The van der Waals surface area contributed by atoms with Gasteiger partial charge in [-0.05, 0) is 60.0 Å². The van der Waals surface area contributed by atoms with Crippen molar-refractivity contribution in [1.29, 1.82) is 0 Å². The van der Waals surface area contributed by atoms with E-state index in [1.165, 1.54) is 4.90 Å². The van der Waals surface area contributed by atoms with E-state index in [1.54, 1.807) is 36.4 Å². The van der Waals surface area contributed by atoms with Crippen LogP contribution in [0.3, 0.4) is 0 Å². The second-order valence-electron chi connectivity index (χ2n) is 8.29. The zero-order valence-electron chi connectivity index (χ0n) is 18.4. The van der Waals surface area contributed by atoms with E-state index in [4.69, 9.17) is 4.74 Å². The molecule has 0 saturated carbocycles. The summed E-state index contributed by atoms with van der Waals surface area (Å²) in [6, 6.07) is 22.5. The van der Waals surface area contributed by atoms with Crippen molar-refractivity contribution in [2.45, 2.75) is 19.9 Å². The number of aliphatic hydroxyl groups is 1. The second-order valence-corrected chi connectivity index (χ2v) is 9.20. The maximum absolute atomic E-state index is 13.2. The van der Waals surface area contributed by atoms with Gasteiger partial charge in [-0.15, -0.1) is 0 Å². The number of carbonyl (C=O) groups excluding carboxylic acids is 2. The van der Waals surface area contributed by atoms with E-state index in [9.17, 15) is 14.7 Å². The van der Waals surface area contributed by atoms with Gasteiger partial charge >= 0.3 is 0 Å². The van der Waals surface area contributed by atoms with Gasteiger partial charge in [0.2, 0.25) is 0 Å². The van der Waals surface area contributed by atoms with Crippen LogP contribution < -0.4 is 9.64 Å². The third-order valence-electron chi connectivity index (χ3n) is 5.38. The number of rotatable bonds is 6. The summed E-state index contributed by atoms with van der Waals surface area (Å²) in [5.74, 6) is -0.542. The van der Waals surface area contributed by atoms with Crippen molar-refractivity contribution in [3.63, 3.8) is 0 Å². The van der Waals surface area contributed by atoms with Gasteiger partial charge in [-0.1, -0.05) is 60.1 Å². The number of ether oxygens (including phenoxy) is 1. The summed E-state index contributed by atoms with van der Waals surface area (Å²) in [6.45, 7) is 4.71. The van der Waals surface area contributed by atoms with E-state index >= 15 is 0 Å². The van der Waals surface area contributed by atoms with Crippen LogP contribution in [0.4, 0.5) is 5.69 Å². The summed E-state index contributed by atoms with van der Waals surface area (Å²) in [4.78, 5) is 27.7. The molecule has 0 spiro atoms. The molecule has 1 aliphatic heterocycles. The van der Waals surface area contributed by atoms with Gasteiger partial charge in [-0.25, -0.2) is 0 Å². The quantitative estimate of drug-likeness (QED) is 0.249. The van der Waals surface area contributed by atoms with Crippen LogP contribution in [0, 0.1) is 5.92 Å². The van der Waals surface area contributed by atoms with E-state index < -0.39 is 17.7 Å². The van der Waals surface area contributed by atoms with Crippen molar-refractivity contribution < 1.29 is 19.4 Å². The molecule has 0 radical (unpaired) electrons. The smallest absolute Gasteiger partial charge is 0.300 e. The van der Waals surface area contributed by atoms with Crippen molar-refractivity contribution in [2.75, 3.05) is 11.5 Å². The molecular weight excluding hydrogens is 482 g/mol. The number of para-hydroxylation sites is 1. The molecule has 0 bridgehead atoms. The Labute approximate surface area is 201 Å². The lowest BCUT2D eigenvalue weighted by Crippen LogP contribution is -2.29. The summed E-state index contributed by atoms with van der Waals surface area (Å²) >= 11 is 3.43. The van der Waals surface area contributed by atoms with Gasteiger partial charge in [0.1, 0.15) is 11.5 Å². The molecule has 0 aromatic heterocycles. The predicted octanol–water partition coefficient (Wildman–Crippen LogP) is 6.11. The fourth-order valence-corrected chi connectivity index (χ4v) is 4.04. The third kappa shape index (κ3) is 4.71. The number of carbonyl (C=O) groups is 2. The van der Waals surface area contributed by atoms with Crippen LogP contribution in [0.25, 0.3) is 5.76 Å². The van der Waals surface area contributed by atoms with E-state index in [2.05, 4.69) is 29.8 Å². The molecule has 1 fully saturated rings. The summed E-state index contributed by atoms with van der Waals surface area (Å²) in [5, 5.41) is 11.2. The van der Waals surface area contributed by atoms with Gasteiger partial charge < -0.3 is 9.84 Å². The van der Waals surface area contributed by atoms with E-state index in [1.807, 2.05) is 42.5 Å². The lowest BCUT2D eigenvalue weighted by Gasteiger charge is -2.25. The molecule has 1 amide bonds. The number of nitrogens with zero attached hydrogens (tertiary/aromatic N) is 1. The molecule has 1 aliphatic rings. The normalized spacial score (nSPS) is 17.6. The lowest BCUT2D eigenvalue weighted by molar-refractivity contribution is -0.132. The molecule has 1 unspecified atom stereocenters. The fraction of sp³-hybridized carbons (Fsp3) is 0.185. The maximum atomic E-state index is 13.2. The molecule has 1 N–H and O–H groups in total. The number of aliphatic hydroxyl groups excluding tert-OH is 1. The molecule has 1 atom stereocenters. The number of anilines is 1. The van der Waals surface area contributed by atoms with Gasteiger partial charge in [-0.3, -0.25) is 14.5 Å². The van der Waals surface area contributed by atoms with Crippen LogP contribution in [0.5, 0.6) is 5.75 Å². The van der Waals surface area contributed by atoms with Gasteiger partial charge in [0.05, 0.1) is 18.2 Å². The Kier molecular flexibility index (Phi) is 6.65. The van der Waals surface area contributed by atoms with Crippen molar-refractivity contribution in [1.82, 2.24) is 0 Å². The SMILES string of the molecule is CC(C)COc1ccc(/C(O)=C2/C(=O)C(=O)N(c3ccccc3)C2c2ccc(Br)cc2)cc1. The van der Waals surface area contributed by atoms with Crippen molar-refractivity contribution in [2.24, 2.45) is 5.92 Å². The number of benzene rings is 3. The Bertz CT molecular complexity index is 1190. The molecule has 6 heteroatoms. The average molecular weight is 506 g/mol. The molecule has 0 aliphatic carbocycles. The molecular formula is C27H24BrNO4. The van der Waals surface area contributed by atoms with E-state index in [0.29, 0.717) is 29.5 Å². The standard InChI is InChI=1S/C27H24BrNO4/c1-17(2)16-33-22-14-10-19(11-15-22)25(30)23-24(18-8-12-20(28)13-9-18)29(27(32)26(23)31)21-6-4-3-5-7-21/h3-15,17,24,30H,16H2,1-2H3/b25-23-. The highest BCUT2D eigenvalue weighted by molar-refractivity contribution is 9.10. The first kappa shape index (κ1) is 22.8. The zero-order chi connectivity index (χ0) is 23.5. The second kappa shape index (κ2) is 9.63. The Balaban J connectivity index is 1.80. The maximum Gasteiger partial charge on any atom is 0.300 e. The van der Waals surface area contributed by atoms with E-state index in [0.717, 1.165) is 10.0 Å². The predicted molar refractivity (Wildman–Crippen MR) is 132 cm³/mol. The largest absolute Gasteiger partial charge is 0.507 e. The minimum atomic E-state index is -0.752. The molecule has 3 aromatic carbocycles. The molecule has 4 rings (SSSR count). The van der Waals surface area contributed by atoms with Crippen LogP contribution in [0.2, 0.25) is 0 Å². The summed E-state index contributed by atoms with van der Waals surface area (Å²) in [5.41, 5.74) is 1.81. The number of hydrogen-bond donors (Lipinski definition) is 1.